The van der Waals surface area contributed by atoms with Gasteiger partial charge in [0.1, 0.15) is 0 Å². The summed E-state index contributed by atoms with van der Waals surface area (Å²) in [6.45, 7) is 3.20. The van der Waals surface area contributed by atoms with Gasteiger partial charge in [-0.25, -0.2) is 0 Å². The summed E-state index contributed by atoms with van der Waals surface area (Å²) in [4.78, 5) is 27.2. The molecule has 7 heteroatoms. The number of amides is 2. The molecule has 1 saturated heterocycles. The highest BCUT2D eigenvalue weighted by atomic mass is 16.4. The van der Waals surface area contributed by atoms with Gasteiger partial charge in [0.2, 0.25) is 11.8 Å². The minimum absolute atomic E-state index is 0.0180. The molecular formula is C28H26N4O3. The molecule has 0 spiro atoms. The fraction of sp³-hybridized carbons (Fsp3) is 0.214. The van der Waals surface area contributed by atoms with Gasteiger partial charge in [0.25, 0.3) is 11.8 Å². The summed E-state index contributed by atoms with van der Waals surface area (Å²) in [6.07, 6.45) is 1.46. The molecule has 0 radical (unpaired) electrons. The van der Waals surface area contributed by atoms with Crippen LogP contribution >= 0.6 is 0 Å². The largest absolute Gasteiger partial charge is 0.416 e. The molecule has 0 atom stereocenters. The van der Waals surface area contributed by atoms with Crippen LogP contribution in [0.3, 0.4) is 0 Å². The first-order valence-electron chi connectivity index (χ1n) is 11.7. The number of carbonyl (C=O) groups is 2. The third-order valence-electron chi connectivity index (χ3n) is 6.33. The van der Waals surface area contributed by atoms with Crippen LogP contribution in [0.5, 0.6) is 0 Å². The predicted octanol–water partition coefficient (Wildman–Crippen LogP) is 4.75. The Hall–Kier alpha value is -4.26. The van der Waals surface area contributed by atoms with Gasteiger partial charge in [-0.3, -0.25) is 9.59 Å². The quantitative estimate of drug-likeness (QED) is 0.459. The molecule has 1 aromatic heterocycles. The summed E-state index contributed by atoms with van der Waals surface area (Å²) in [5, 5.41) is 11.4. The molecule has 5 rings (SSSR count). The zero-order valence-corrected chi connectivity index (χ0v) is 19.5. The van der Waals surface area contributed by atoms with E-state index in [4.69, 9.17) is 4.42 Å². The van der Waals surface area contributed by atoms with Gasteiger partial charge in [-0.2, -0.15) is 0 Å². The summed E-state index contributed by atoms with van der Waals surface area (Å²) >= 11 is 0. The lowest BCUT2D eigenvalue weighted by atomic mass is 10.0. The van der Waals surface area contributed by atoms with Crippen LogP contribution in [0, 0.1) is 6.92 Å². The molecule has 4 aromatic rings. The second-order valence-corrected chi connectivity index (χ2v) is 8.71. The van der Waals surface area contributed by atoms with Gasteiger partial charge in [-0.1, -0.05) is 36.4 Å². The number of aryl methyl sites for hydroxylation is 1. The highest BCUT2D eigenvalue weighted by molar-refractivity contribution is 5.95. The van der Waals surface area contributed by atoms with E-state index in [2.05, 4.69) is 15.5 Å². The van der Waals surface area contributed by atoms with Crippen molar-refractivity contribution in [1.29, 1.82) is 0 Å². The number of piperidine rings is 1. The summed E-state index contributed by atoms with van der Waals surface area (Å²) in [5.74, 6) is 0.797. The van der Waals surface area contributed by atoms with Gasteiger partial charge in [-0.05, 0) is 67.8 Å². The molecule has 7 nitrogen and oxygen atoms in total. The van der Waals surface area contributed by atoms with Gasteiger partial charge in [0.15, 0.2) is 0 Å². The maximum atomic E-state index is 13.0. The van der Waals surface area contributed by atoms with Crippen molar-refractivity contribution in [2.24, 2.45) is 0 Å². The summed E-state index contributed by atoms with van der Waals surface area (Å²) < 4.78 is 5.88. The van der Waals surface area contributed by atoms with Crippen molar-refractivity contribution in [3.05, 3.63) is 95.6 Å². The number of benzene rings is 3. The number of hydrogen-bond donors (Lipinski definition) is 1. The first-order valence-corrected chi connectivity index (χ1v) is 11.7. The number of rotatable bonds is 5. The average Bonchev–Trinajstić information content (AvgIpc) is 3.40. The molecule has 1 N–H and O–H groups in total. The fourth-order valence-electron chi connectivity index (χ4n) is 4.28. The van der Waals surface area contributed by atoms with Crippen molar-refractivity contribution < 1.29 is 14.0 Å². The van der Waals surface area contributed by atoms with Gasteiger partial charge < -0.3 is 14.6 Å². The van der Waals surface area contributed by atoms with E-state index >= 15 is 0 Å². The molecule has 1 aliphatic rings. The Labute approximate surface area is 203 Å². The van der Waals surface area contributed by atoms with E-state index in [1.165, 1.54) is 0 Å². The van der Waals surface area contributed by atoms with E-state index in [-0.39, 0.29) is 17.9 Å². The van der Waals surface area contributed by atoms with Gasteiger partial charge in [0, 0.05) is 41.4 Å². The topological polar surface area (TPSA) is 88.3 Å². The molecule has 0 bridgehead atoms. The van der Waals surface area contributed by atoms with Crippen molar-refractivity contribution in [2.45, 2.75) is 25.8 Å². The normalized spacial score (nSPS) is 14.0. The highest BCUT2D eigenvalue weighted by Crippen LogP contribution is 2.26. The lowest BCUT2D eigenvalue weighted by Crippen LogP contribution is -2.46. The number of nitrogens with one attached hydrogen (secondary N) is 1. The van der Waals surface area contributed by atoms with Gasteiger partial charge in [-0.15, -0.1) is 10.2 Å². The third-order valence-corrected chi connectivity index (χ3v) is 6.33. The third kappa shape index (κ3) is 4.99. The zero-order valence-electron chi connectivity index (χ0n) is 19.5. The Bertz CT molecular complexity index is 1320. The second kappa shape index (κ2) is 9.93. The van der Waals surface area contributed by atoms with Crippen LogP contribution < -0.4 is 5.32 Å². The Balaban J connectivity index is 1.19. The van der Waals surface area contributed by atoms with Crippen molar-refractivity contribution in [3.8, 4) is 22.9 Å². The zero-order chi connectivity index (χ0) is 24.2. The van der Waals surface area contributed by atoms with Crippen LogP contribution in [0.2, 0.25) is 0 Å². The lowest BCUT2D eigenvalue weighted by molar-refractivity contribution is 0.0698. The summed E-state index contributed by atoms with van der Waals surface area (Å²) in [6, 6.07) is 24.3. The number of aromatic nitrogens is 2. The van der Waals surface area contributed by atoms with E-state index in [0.717, 1.165) is 29.5 Å². The first kappa shape index (κ1) is 22.5. The SMILES string of the molecule is Cc1ccccc1-c1nnc(-c2ccc(C(=O)N3CCC(NC(=O)c4ccccc4)CC3)cc2)o1. The molecule has 1 fully saturated rings. The maximum Gasteiger partial charge on any atom is 0.253 e. The molecule has 0 unspecified atom stereocenters. The number of nitrogens with zero attached hydrogens (tertiary/aromatic N) is 3. The highest BCUT2D eigenvalue weighted by Gasteiger charge is 2.25. The molecular weight excluding hydrogens is 440 g/mol. The van der Waals surface area contributed by atoms with Crippen molar-refractivity contribution in [3.63, 3.8) is 0 Å². The number of likely N-dealkylation sites (tertiary alicyclic amines) is 1. The standard InChI is InChI=1S/C28H26N4O3/c1-19-7-5-6-10-24(19)27-31-30-26(35-27)21-11-13-22(14-12-21)28(34)32-17-15-23(16-18-32)29-25(33)20-8-3-2-4-9-20/h2-14,23H,15-18H2,1H3,(H,29,33). The Kier molecular flexibility index (Phi) is 6.39. The minimum Gasteiger partial charge on any atom is -0.416 e. The van der Waals surface area contributed by atoms with E-state index < -0.39 is 0 Å². The predicted molar refractivity (Wildman–Crippen MR) is 133 cm³/mol. The first-order chi connectivity index (χ1) is 17.1. The second-order valence-electron chi connectivity index (χ2n) is 8.71. The van der Waals surface area contributed by atoms with Crippen LogP contribution in [0.4, 0.5) is 0 Å². The Morgan fingerprint density at radius 1 is 0.829 bits per heavy atom. The van der Waals surface area contributed by atoms with E-state index in [1.54, 1.807) is 24.3 Å². The minimum atomic E-state index is -0.0717. The number of carbonyl (C=O) groups excluding carboxylic acids is 2. The van der Waals surface area contributed by atoms with E-state index in [9.17, 15) is 9.59 Å². The van der Waals surface area contributed by atoms with Gasteiger partial charge in [0.05, 0.1) is 0 Å². The molecule has 2 heterocycles. The fourth-order valence-corrected chi connectivity index (χ4v) is 4.28. The molecule has 35 heavy (non-hydrogen) atoms. The summed E-state index contributed by atoms with van der Waals surface area (Å²) in [7, 11) is 0. The average molecular weight is 467 g/mol. The molecule has 0 aliphatic carbocycles. The molecule has 0 saturated carbocycles. The van der Waals surface area contributed by atoms with Crippen LogP contribution in [0.25, 0.3) is 22.9 Å². The maximum absolute atomic E-state index is 13.0. The van der Waals surface area contributed by atoms with E-state index in [0.29, 0.717) is 36.0 Å². The molecule has 176 valence electrons. The molecule has 3 aromatic carbocycles. The Morgan fingerprint density at radius 3 is 2.20 bits per heavy atom. The van der Waals surface area contributed by atoms with Crippen LogP contribution in [0.15, 0.2) is 83.3 Å². The van der Waals surface area contributed by atoms with E-state index in [1.807, 2.05) is 66.4 Å². The molecule has 2 amide bonds. The van der Waals surface area contributed by atoms with Gasteiger partial charge >= 0.3 is 0 Å². The summed E-state index contributed by atoms with van der Waals surface area (Å²) in [5.41, 5.74) is 3.99. The monoisotopic (exact) mass is 466 g/mol. The smallest absolute Gasteiger partial charge is 0.253 e. The van der Waals surface area contributed by atoms with Crippen LogP contribution in [-0.4, -0.2) is 46.0 Å². The number of hydrogen-bond acceptors (Lipinski definition) is 5. The van der Waals surface area contributed by atoms with Crippen molar-refractivity contribution in [1.82, 2.24) is 20.4 Å². The van der Waals surface area contributed by atoms with Crippen LogP contribution in [-0.2, 0) is 0 Å². The molecule has 1 aliphatic heterocycles. The lowest BCUT2D eigenvalue weighted by Gasteiger charge is -2.32. The Morgan fingerprint density at radius 2 is 1.49 bits per heavy atom. The van der Waals surface area contributed by atoms with Crippen LogP contribution in [0.1, 0.15) is 39.1 Å². The van der Waals surface area contributed by atoms with Crippen molar-refractivity contribution >= 4 is 11.8 Å². The van der Waals surface area contributed by atoms with Crippen molar-refractivity contribution in [2.75, 3.05) is 13.1 Å².